The van der Waals surface area contributed by atoms with Gasteiger partial charge in [-0.05, 0) is 55.6 Å². The fraction of sp³-hybridized carbons (Fsp3) is 0.412. The van der Waals surface area contributed by atoms with E-state index in [9.17, 15) is 0 Å². The number of methoxy groups -OCH3 is 1. The highest BCUT2D eigenvalue weighted by atomic mass is 35.5. The molecule has 0 amide bonds. The van der Waals surface area contributed by atoms with Crippen LogP contribution in [0.4, 0.5) is 0 Å². The molecule has 0 spiro atoms. The summed E-state index contributed by atoms with van der Waals surface area (Å²) in [5, 5.41) is 4.39. The van der Waals surface area contributed by atoms with E-state index in [0.29, 0.717) is 6.04 Å². The smallest absolute Gasteiger partial charge is 0.119 e. The van der Waals surface area contributed by atoms with Crippen LogP contribution in [-0.4, -0.2) is 13.7 Å². The standard InChI is InChI=1S/C17H20ClNOS/c1-3-19-17(11-4-5-11)16-9-8-15(21-16)13-10-12(20-2)6-7-14(13)18/h6-11,17,19H,3-5H2,1-2H3. The predicted molar refractivity (Wildman–Crippen MR) is 90.5 cm³/mol. The number of hydrogen-bond donors (Lipinski definition) is 1. The molecule has 1 saturated carbocycles. The van der Waals surface area contributed by atoms with E-state index in [1.54, 1.807) is 7.11 Å². The molecule has 1 N–H and O–H groups in total. The van der Waals surface area contributed by atoms with Crippen LogP contribution in [0.5, 0.6) is 5.75 Å². The van der Waals surface area contributed by atoms with Gasteiger partial charge in [0.25, 0.3) is 0 Å². The Bertz CT molecular complexity index is 621. The molecule has 1 unspecified atom stereocenters. The third kappa shape index (κ3) is 3.25. The summed E-state index contributed by atoms with van der Waals surface area (Å²) >= 11 is 8.18. The molecule has 1 aromatic carbocycles. The zero-order valence-corrected chi connectivity index (χ0v) is 13.9. The highest BCUT2D eigenvalue weighted by molar-refractivity contribution is 7.15. The normalized spacial score (nSPS) is 16.0. The van der Waals surface area contributed by atoms with Crippen molar-refractivity contribution in [2.45, 2.75) is 25.8 Å². The van der Waals surface area contributed by atoms with Crippen LogP contribution in [0, 0.1) is 5.92 Å². The van der Waals surface area contributed by atoms with Crippen molar-refractivity contribution in [3.05, 3.63) is 40.2 Å². The van der Waals surface area contributed by atoms with Gasteiger partial charge in [-0.1, -0.05) is 18.5 Å². The maximum atomic E-state index is 6.35. The maximum absolute atomic E-state index is 6.35. The molecule has 1 heterocycles. The fourth-order valence-electron chi connectivity index (χ4n) is 2.63. The number of nitrogens with one attached hydrogen (secondary N) is 1. The second-order valence-corrected chi connectivity index (χ2v) is 6.94. The van der Waals surface area contributed by atoms with Gasteiger partial charge in [-0.25, -0.2) is 0 Å². The summed E-state index contributed by atoms with van der Waals surface area (Å²) in [5.74, 6) is 1.65. The Morgan fingerprint density at radius 2 is 2.14 bits per heavy atom. The topological polar surface area (TPSA) is 21.3 Å². The number of halogens is 1. The maximum Gasteiger partial charge on any atom is 0.119 e. The average Bonchev–Trinajstić information content (AvgIpc) is 3.22. The summed E-state index contributed by atoms with van der Waals surface area (Å²) in [6.07, 6.45) is 2.68. The summed E-state index contributed by atoms with van der Waals surface area (Å²) in [6, 6.07) is 10.7. The molecule has 1 aromatic heterocycles. The predicted octanol–water partition coefficient (Wildman–Crippen LogP) is 5.14. The molecule has 1 fully saturated rings. The van der Waals surface area contributed by atoms with Gasteiger partial charge >= 0.3 is 0 Å². The Balaban J connectivity index is 1.90. The second-order valence-electron chi connectivity index (χ2n) is 5.42. The van der Waals surface area contributed by atoms with Crippen LogP contribution >= 0.6 is 22.9 Å². The van der Waals surface area contributed by atoms with Crippen molar-refractivity contribution in [1.29, 1.82) is 0 Å². The lowest BCUT2D eigenvalue weighted by molar-refractivity contribution is 0.415. The average molecular weight is 322 g/mol. The molecule has 2 aromatic rings. The minimum atomic E-state index is 0.498. The molecule has 21 heavy (non-hydrogen) atoms. The Labute approximate surface area is 135 Å². The first-order valence-electron chi connectivity index (χ1n) is 7.40. The van der Waals surface area contributed by atoms with Gasteiger partial charge in [0, 0.05) is 26.4 Å². The molecule has 0 bridgehead atoms. The number of thiophene rings is 1. The molecule has 0 aliphatic heterocycles. The largest absolute Gasteiger partial charge is 0.497 e. The van der Waals surface area contributed by atoms with Crippen molar-refractivity contribution < 1.29 is 4.74 Å². The van der Waals surface area contributed by atoms with Gasteiger partial charge in [-0.2, -0.15) is 0 Å². The number of rotatable bonds is 6. The van der Waals surface area contributed by atoms with Gasteiger partial charge < -0.3 is 10.1 Å². The van der Waals surface area contributed by atoms with E-state index in [-0.39, 0.29) is 0 Å². The zero-order chi connectivity index (χ0) is 14.8. The van der Waals surface area contributed by atoms with Crippen LogP contribution in [0.2, 0.25) is 5.02 Å². The van der Waals surface area contributed by atoms with Crippen molar-refractivity contribution in [2.24, 2.45) is 5.92 Å². The van der Waals surface area contributed by atoms with Crippen molar-refractivity contribution >= 4 is 22.9 Å². The second kappa shape index (κ2) is 6.39. The van der Waals surface area contributed by atoms with Crippen LogP contribution in [0.15, 0.2) is 30.3 Å². The molecule has 3 rings (SSSR count). The zero-order valence-electron chi connectivity index (χ0n) is 12.4. The van der Waals surface area contributed by atoms with Crippen LogP contribution in [-0.2, 0) is 0 Å². The highest BCUT2D eigenvalue weighted by Crippen LogP contribution is 2.45. The first kappa shape index (κ1) is 14.9. The monoisotopic (exact) mass is 321 g/mol. The van der Waals surface area contributed by atoms with E-state index in [1.165, 1.54) is 22.6 Å². The van der Waals surface area contributed by atoms with Gasteiger partial charge in [0.2, 0.25) is 0 Å². The molecule has 4 heteroatoms. The Hall–Kier alpha value is -1.03. The van der Waals surface area contributed by atoms with E-state index in [0.717, 1.165) is 28.8 Å². The van der Waals surface area contributed by atoms with E-state index in [1.807, 2.05) is 29.5 Å². The van der Waals surface area contributed by atoms with Gasteiger partial charge in [-0.15, -0.1) is 11.3 Å². The fourth-order valence-corrected chi connectivity index (χ4v) is 4.12. The molecule has 2 nitrogen and oxygen atoms in total. The first-order chi connectivity index (χ1) is 10.2. The van der Waals surface area contributed by atoms with Gasteiger partial charge in [0.1, 0.15) is 5.75 Å². The van der Waals surface area contributed by atoms with Gasteiger partial charge in [0.15, 0.2) is 0 Å². The molecule has 0 saturated heterocycles. The molecule has 1 aliphatic carbocycles. The Morgan fingerprint density at radius 1 is 1.33 bits per heavy atom. The number of benzene rings is 1. The summed E-state index contributed by atoms with van der Waals surface area (Å²) in [6.45, 7) is 3.18. The summed E-state index contributed by atoms with van der Waals surface area (Å²) < 4.78 is 5.31. The number of hydrogen-bond acceptors (Lipinski definition) is 3. The molecular formula is C17H20ClNOS. The van der Waals surface area contributed by atoms with Gasteiger partial charge in [-0.3, -0.25) is 0 Å². The van der Waals surface area contributed by atoms with Crippen LogP contribution in [0.1, 0.15) is 30.7 Å². The van der Waals surface area contributed by atoms with E-state index < -0.39 is 0 Å². The highest BCUT2D eigenvalue weighted by Gasteiger charge is 2.32. The molecule has 0 radical (unpaired) electrons. The van der Waals surface area contributed by atoms with Crippen molar-refractivity contribution in [3.8, 4) is 16.2 Å². The third-order valence-electron chi connectivity index (χ3n) is 3.89. The van der Waals surface area contributed by atoms with E-state index in [4.69, 9.17) is 16.3 Å². The van der Waals surface area contributed by atoms with Crippen molar-refractivity contribution in [1.82, 2.24) is 5.32 Å². The lowest BCUT2D eigenvalue weighted by Crippen LogP contribution is -2.21. The first-order valence-corrected chi connectivity index (χ1v) is 8.59. The SMILES string of the molecule is CCNC(c1ccc(-c2cc(OC)ccc2Cl)s1)C1CC1. The summed E-state index contributed by atoms with van der Waals surface area (Å²) in [4.78, 5) is 2.62. The third-order valence-corrected chi connectivity index (χ3v) is 5.42. The van der Waals surface area contributed by atoms with E-state index >= 15 is 0 Å². The summed E-state index contributed by atoms with van der Waals surface area (Å²) in [7, 11) is 1.68. The molecule has 112 valence electrons. The van der Waals surface area contributed by atoms with Crippen LogP contribution < -0.4 is 10.1 Å². The lowest BCUT2D eigenvalue weighted by Gasteiger charge is -2.15. The Morgan fingerprint density at radius 3 is 2.81 bits per heavy atom. The van der Waals surface area contributed by atoms with E-state index in [2.05, 4.69) is 24.4 Å². The quantitative estimate of drug-likeness (QED) is 0.795. The molecular weight excluding hydrogens is 302 g/mol. The summed E-state index contributed by atoms with van der Waals surface area (Å²) in [5.41, 5.74) is 1.05. The Kier molecular flexibility index (Phi) is 4.53. The van der Waals surface area contributed by atoms with Gasteiger partial charge in [0.05, 0.1) is 7.11 Å². The van der Waals surface area contributed by atoms with Crippen molar-refractivity contribution in [2.75, 3.05) is 13.7 Å². The minimum absolute atomic E-state index is 0.498. The molecule has 1 atom stereocenters. The van der Waals surface area contributed by atoms with Crippen LogP contribution in [0.25, 0.3) is 10.4 Å². The molecule has 1 aliphatic rings. The van der Waals surface area contributed by atoms with Crippen molar-refractivity contribution in [3.63, 3.8) is 0 Å². The minimum Gasteiger partial charge on any atom is -0.497 e. The van der Waals surface area contributed by atoms with Crippen LogP contribution in [0.3, 0.4) is 0 Å². The number of ether oxygens (including phenoxy) is 1. The lowest BCUT2D eigenvalue weighted by atomic mass is 10.1.